The second-order valence-electron chi connectivity index (χ2n) is 5.11. The minimum atomic E-state index is -0.280. The van der Waals surface area contributed by atoms with E-state index in [9.17, 15) is 9.50 Å². The Labute approximate surface area is 142 Å². The molecule has 23 heavy (non-hydrogen) atoms. The molecular weight excluding hydrogens is 337 g/mol. The summed E-state index contributed by atoms with van der Waals surface area (Å²) in [5.74, 6) is 0.304. The van der Waals surface area contributed by atoms with Gasteiger partial charge in [0, 0.05) is 10.9 Å². The van der Waals surface area contributed by atoms with Crippen LogP contribution in [0.15, 0.2) is 29.6 Å². The number of thiophene rings is 1. The molecule has 4 nitrogen and oxygen atoms in total. The Morgan fingerprint density at radius 2 is 2.04 bits per heavy atom. The minimum absolute atomic E-state index is 0.00433. The molecule has 0 fully saturated rings. The van der Waals surface area contributed by atoms with Crippen molar-refractivity contribution in [3.63, 3.8) is 0 Å². The average molecular weight is 352 g/mol. The fourth-order valence-electron chi connectivity index (χ4n) is 2.33. The van der Waals surface area contributed by atoms with Crippen LogP contribution in [0, 0.1) is 5.82 Å². The number of aromatic nitrogens is 2. The number of nitrogens with zero attached hydrogens (tertiary/aromatic N) is 2. The number of fused-ring (bicyclic) bond motifs is 1. The van der Waals surface area contributed by atoms with Crippen molar-refractivity contribution in [3.8, 4) is 11.1 Å². The summed E-state index contributed by atoms with van der Waals surface area (Å²) in [5, 5.41) is 15.6. The van der Waals surface area contributed by atoms with Crippen molar-refractivity contribution in [1.82, 2.24) is 9.97 Å². The van der Waals surface area contributed by atoms with Crippen LogP contribution in [0.5, 0.6) is 0 Å². The van der Waals surface area contributed by atoms with Crippen molar-refractivity contribution in [2.75, 3.05) is 11.9 Å². The number of halogens is 2. The first kappa shape index (κ1) is 16.1. The normalized spacial score (nSPS) is 12.5. The molecule has 0 aliphatic heterocycles. The monoisotopic (exact) mass is 351 g/mol. The largest absolute Gasteiger partial charge is 0.394 e. The zero-order valence-electron chi connectivity index (χ0n) is 12.4. The van der Waals surface area contributed by atoms with E-state index in [1.54, 1.807) is 12.1 Å². The van der Waals surface area contributed by atoms with Gasteiger partial charge in [0.15, 0.2) is 0 Å². The van der Waals surface area contributed by atoms with Crippen LogP contribution in [-0.2, 0) is 0 Å². The van der Waals surface area contributed by atoms with E-state index < -0.39 is 0 Å². The van der Waals surface area contributed by atoms with E-state index in [2.05, 4.69) is 15.3 Å². The first-order valence-corrected chi connectivity index (χ1v) is 8.46. The smallest absolute Gasteiger partial charge is 0.225 e. The molecule has 2 N–H and O–H groups in total. The van der Waals surface area contributed by atoms with Crippen molar-refractivity contribution in [2.45, 2.75) is 19.4 Å². The Balaban J connectivity index is 2.14. The van der Waals surface area contributed by atoms with Gasteiger partial charge in [-0.05, 0) is 35.7 Å². The predicted octanol–water partition coefficient (Wildman–Crippen LogP) is 4.33. The number of rotatable bonds is 5. The lowest BCUT2D eigenvalue weighted by Gasteiger charge is -2.16. The molecule has 1 atom stereocenters. The van der Waals surface area contributed by atoms with Gasteiger partial charge in [0.05, 0.1) is 18.0 Å². The van der Waals surface area contributed by atoms with Crippen molar-refractivity contribution in [2.24, 2.45) is 0 Å². The van der Waals surface area contributed by atoms with Crippen LogP contribution in [0.2, 0.25) is 5.28 Å². The Bertz CT molecular complexity index is 818. The van der Waals surface area contributed by atoms with E-state index in [1.165, 1.54) is 23.5 Å². The number of aliphatic hydroxyl groups is 1. The fraction of sp³-hybridized carbons (Fsp3) is 0.250. The molecule has 2 aromatic heterocycles. The highest BCUT2D eigenvalue weighted by Crippen LogP contribution is 2.37. The Kier molecular flexibility index (Phi) is 4.75. The quantitative estimate of drug-likeness (QED) is 0.671. The highest BCUT2D eigenvalue weighted by molar-refractivity contribution is 7.17. The van der Waals surface area contributed by atoms with Gasteiger partial charge in [-0.2, -0.15) is 0 Å². The molecule has 0 bridgehead atoms. The SMILES string of the molecule is CCC(CO)Nc1nc(Cl)nc2scc(-c3ccc(F)cc3)c12. The molecule has 3 rings (SSSR count). The van der Waals surface area contributed by atoms with E-state index in [-0.39, 0.29) is 23.7 Å². The molecule has 0 aliphatic carbocycles. The zero-order chi connectivity index (χ0) is 16.4. The topological polar surface area (TPSA) is 58.0 Å². The molecule has 0 radical (unpaired) electrons. The van der Waals surface area contributed by atoms with Gasteiger partial charge in [0.25, 0.3) is 0 Å². The molecule has 1 unspecified atom stereocenters. The van der Waals surface area contributed by atoms with E-state index in [0.29, 0.717) is 5.82 Å². The summed E-state index contributed by atoms with van der Waals surface area (Å²) in [7, 11) is 0. The maximum absolute atomic E-state index is 13.2. The second-order valence-corrected chi connectivity index (χ2v) is 6.31. The molecule has 2 heterocycles. The molecule has 7 heteroatoms. The van der Waals surface area contributed by atoms with Crippen LogP contribution in [0.1, 0.15) is 13.3 Å². The molecule has 0 amide bonds. The summed E-state index contributed by atoms with van der Waals surface area (Å²) >= 11 is 7.45. The lowest BCUT2D eigenvalue weighted by atomic mass is 10.1. The zero-order valence-corrected chi connectivity index (χ0v) is 14.0. The van der Waals surface area contributed by atoms with Gasteiger partial charge in [-0.3, -0.25) is 0 Å². The predicted molar refractivity (Wildman–Crippen MR) is 92.6 cm³/mol. The molecule has 3 aromatic rings. The molecule has 0 saturated heterocycles. The van der Waals surface area contributed by atoms with Gasteiger partial charge < -0.3 is 10.4 Å². The number of nitrogens with one attached hydrogen (secondary N) is 1. The first-order valence-electron chi connectivity index (χ1n) is 7.20. The Morgan fingerprint density at radius 1 is 1.30 bits per heavy atom. The lowest BCUT2D eigenvalue weighted by molar-refractivity contribution is 0.271. The van der Waals surface area contributed by atoms with Gasteiger partial charge in [-0.25, -0.2) is 14.4 Å². The summed E-state index contributed by atoms with van der Waals surface area (Å²) in [4.78, 5) is 9.28. The molecule has 0 saturated carbocycles. The Hall–Kier alpha value is -1.76. The third-order valence-corrected chi connectivity index (χ3v) is 4.66. The molecular formula is C16H15ClFN3OS. The van der Waals surface area contributed by atoms with Crippen LogP contribution in [0.3, 0.4) is 0 Å². The highest BCUT2D eigenvalue weighted by Gasteiger charge is 2.17. The van der Waals surface area contributed by atoms with Crippen molar-refractivity contribution in [1.29, 1.82) is 0 Å². The maximum atomic E-state index is 13.2. The van der Waals surface area contributed by atoms with E-state index in [0.717, 1.165) is 27.8 Å². The third kappa shape index (κ3) is 3.29. The third-order valence-electron chi connectivity index (χ3n) is 3.62. The average Bonchev–Trinajstić information content (AvgIpc) is 2.97. The van der Waals surface area contributed by atoms with Gasteiger partial charge in [0.2, 0.25) is 5.28 Å². The van der Waals surface area contributed by atoms with Crippen LogP contribution in [0.25, 0.3) is 21.3 Å². The van der Waals surface area contributed by atoms with Gasteiger partial charge >= 0.3 is 0 Å². The van der Waals surface area contributed by atoms with E-state index in [1.807, 2.05) is 12.3 Å². The summed E-state index contributed by atoms with van der Waals surface area (Å²) < 4.78 is 13.2. The van der Waals surface area contributed by atoms with E-state index >= 15 is 0 Å². The fourth-order valence-corrected chi connectivity index (χ4v) is 3.50. The summed E-state index contributed by atoms with van der Waals surface area (Å²) in [6.45, 7) is 1.97. The maximum Gasteiger partial charge on any atom is 0.225 e. The van der Waals surface area contributed by atoms with Gasteiger partial charge in [-0.1, -0.05) is 19.1 Å². The first-order chi connectivity index (χ1) is 11.1. The molecule has 1 aromatic carbocycles. The van der Waals surface area contributed by atoms with Crippen LogP contribution >= 0.6 is 22.9 Å². The van der Waals surface area contributed by atoms with Crippen LogP contribution in [-0.4, -0.2) is 27.7 Å². The minimum Gasteiger partial charge on any atom is -0.394 e. The van der Waals surface area contributed by atoms with Gasteiger partial charge in [-0.15, -0.1) is 11.3 Å². The van der Waals surface area contributed by atoms with Crippen LogP contribution < -0.4 is 5.32 Å². The molecule has 0 aliphatic rings. The Morgan fingerprint density at radius 3 is 2.70 bits per heavy atom. The highest BCUT2D eigenvalue weighted by atomic mass is 35.5. The number of benzene rings is 1. The lowest BCUT2D eigenvalue weighted by Crippen LogP contribution is -2.23. The molecule has 120 valence electrons. The number of aliphatic hydroxyl groups excluding tert-OH is 1. The van der Waals surface area contributed by atoms with Gasteiger partial charge in [0.1, 0.15) is 16.5 Å². The number of hydrogen-bond donors (Lipinski definition) is 2. The van der Waals surface area contributed by atoms with Crippen molar-refractivity contribution < 1.29 is 9.50 Å². The second kappa shape index (κ2) is 6.78. The number of anilines is 1. The molecule has 0 spiro atoms. The number of hydrogen-bond acceptors (Lipinski definition) is 5. The summed E-state index contributed by atoms with van der Waals surface area (Å²) in [6, 6.07) is 6.17. The summed E-state index contributed by atoms with van der Waals surface area (Å²) in [5.41, 5.74) is 1.79. The van der Waals surface area contributed by atoms with Crippen LogP contribution in [0.4, 0.5) is 10.2 Å². The van der Waals surface area contributed by atoms with E-state index in [4.69, 9.17) is 11.6 Å². The standard InChI is InChI=1S/C16H15ClFN3OS/c1-2-11(7-22)19-14-13-12(9-3-5-10(18)6-4-9)8-23-15(13)21-16(17)20-14/h3-6,8,11,22H,2,7H2,1H3,(H,19,20,21). The van der Waals surface area contributed by atoms with Crippen molar-refractivity contribution in [3.05, 3.63) is 40.7 Å². The van der Waals surface area contributed by atoms with Crippen molar-refractivity contribution >= 4 is 39.0 Å². The summed E-state index contributed by atoms with van der Waals surface area (Å²) in [6.07, 6.45) is 0.746.